The van der Waals surface area contributed by atoms with Gasteiger partial charge in [-0.25, -0.2) is 9.37 Å². The topological polar surface area (TPSA) is 38.1 Å². The summed E-state index contributed by atoms with van der Waals surface area (Å²) in [6, 6.07) is 6.28. The van der Waals surface area contributed by atoms with Crippen molar-refractivity contribution in [3.63, 3.8) is 0 Å². The number of fused-ring (bicyclic) bond motifs is 1. The maximum absolute atomic E-state index is 13.4. The first kappa shape index (κ1) is 19.7. The molecule has 0 bridgehead atoms. The van der Waals surface area contributed by atoms with Crippen LogP contribution in [0.3, 0.4) is 0 Å². The van der Waals surface area contributed by atoms with E-state index in [0.29, 0.717) is 11.9 Å². The standard InChI is InChI=1S/C21H26FN3OS/c1-5-24(6-2)11-12-25-19(14(3)4)23-20-18(21(25)26)17(13-27-20)15-7-9-16(22)10-8-15/h7-10,13-14H,5-6,11-12H2,1-4H3. The molecule has 0 fully saturated rings. The predicted molar refractivity (Wildman–Crippen MR) is 111 cm³/mol. The summed E-state index contributed by atoms with van der Waals surface area (Å²) in [6.07, 6.45) is 0. The molecule has 0 aliphatic heterocycles. The van der Waals surface area contributed by atoms with E-state index >= 15 is 0 Å². The van der Waals surface area contributed by atoms with Gasteiger partial charge in [0, 0.05) is 30.0 Å². The minimum atomic E-state index is -0.282. The zero-order chi connectivity index (χ0) is 19.6. The lowest BCUT2D eigenvalue weighted by Gasteiger charge is -2.21. The van der Waals surface area contributed by atoms with Crippen molar-refractivity contribution >= 4 is 21.6 Å². The molecule has 0 unspecified atom stereocenters. The first-order valence-corrected chi connectivity index (χ1v) is 10.3. The molecule has 0 aliphatic carbocycles. The minimum Gasteiger partial charge on any atom is -0.302 e. The van der Waals surface area contributed by atoms with Crippen LogP contribution in [0.1, 0.15) is 39.4 Å². The molecule has 4 nitrogen and oxygen atoms in total. The van der Waals surface area contributed by atoms with E-state index < -0.39 is 0 Å². The summed E-state index contributed by atoms with van der Waals surface area (Å²) >= 11 is 1.47. The fraction of sp³-hybridized carbons (Fsp3) is 0.429. The fourth-order valence-corrected chi connectivity index (χ4v) is 4.26. The smallest absolute Gasteiger partial charge is 0.262 e. The van der Waals surface area contributed by atoms with Crippen LogP contribution in [-0.4, -0.2) is 34.1 Å². The Balaban J connectivity index is 2.13. The molecule has 27 heavy (non-hydrogen) atoms. The molecule has 0 aliphatic rings. The van der Waals surface area contributed by atoms with Gasteiger partial charge < -0.3 is 4.90 Å². The van der Waals surface area contributed by atoms with E-state index in [-0.39, 0.29) is 17.3 Å². The van der Waals surface area contributed by atoms with Crippen LogP contribution in [0.15, 0.2) is 34.4 Å². The molecule has 0 N–H and O–H groups in total. The van der Waals surface area contributed by atoms with E-state index in [1.54, 1.807) is 12.1 Å². The Morgan fingerprint density at radius 2 is 1.85 bits per heavy atom. The lowest BCUT2D eigenvalue weighted by Crippen LogP contribution is -2.33. The number of aromatic nitrogens is 2. The van der Waals surface area contributed by atoms with Gasteiger partial charge in [0.15, 0.2) is 0 Å². The van der Waals surface area contributed by atoms with E-state index in [9.17, 15) is 9.18 Å². The van der Waals surface area contributed by atoms with Gasteiger partial charge >= 0.3 is 0 Å². The number of nitrogens with zero attached hydrogens (tertiary/aromatic N) is 3. The summed E-state index contributed by atoms with van der Waals surface area (Å²) in [5, 5.41) is 2.58. The molecule has 0 saturated heterocycles. The van der Waals surface area contributed by atoms with Gasteiger partial charge in [-0.1, -0.05) is 39.8 Å². The van der Waals surface area contributed by atoms with Crippen molar-refractivity contribution < 1.29 is 4.39 Å². The van der Waals surface area contributed by atoms with E-state index in [2.05, 4.69) is 32.6 Å². The highest BCUT2D eigenvalue weighted by Gasteiger charge is 2.19. The van der Waals surface area contributed by atoms with Crippen LogP contribution < -0.4 is 5.56 Å². The third kappa shape index (κ3) is 3.96. The largest absolute Gasteiger partial charge is 0.302 e. The maximum atomic E-state index is 13.4. The molecule has 0 amide bonds. The number of benzene rings is 1. The van der Waals surface area contributed by atoms with Gasteiger partial charge in [0.1, 0.15) is 16.5 Å². The SMILES string of the molecule is CCN(CC)CCn1c(C(C)C)nc2scc(-c3ccc(F)cc3)c2c1=O. The first-order valence-electron chi connectivity index (χ1n) is 9.46. The van der Waals surface area contributed by atoms with Gasteiger partial charge in [-0.2, -0.15) is 0 Å². The molecule has 0 saturated carbocycles. The molecule has 6 heteroatoms. The van der Waals surface area contributed by atoms with E-state index in [4.69, 9.17) is 4.98 Å². The predicted octanol–water partition coefficient (Wildman–Crippen LogP) is 4.73. The third-order valence-electron chi connectivity index (χ3n) is 4.93. The van der Waals surface area contributed by atoms with E-state index in [1.165, 1.54) is 23.5 Å². The van der Waals surface area contributed by atoms with Crippen molar-refractivity contribution in [2.75, 3.05) is 19.6 Å². The van der Waals surface area contributed by atoms with Crippen LogP contribution in [0, 0.1) is 5.82 Å². The number of halogens is 1. The highest BCUT2D eigenvalue weighted by molar-refractivity contribution is 7.17. The number of hydrogen-bond donors (Lipinski definition) is 0. The second kappa shape index (κ2) is 8.31. The number of hydrogen-bond acceptors (Lipinski definition) is 4. The van der Waals surface area contributed by atoms with Crippen LogP contribution in [0.2, 0.25) is 0 Å². The summed E-state index contributed by atoms with van der Waals surface area (Å²) in [5.41, 5.74) is 1.67. The third-order valence-corrected chi connectivity index (χ3v) is 5.80. The van der Waals surface area contributed by atoms with Gasteiger partial charge in [0.2, 0.25) is 0 Å². The van der Waals surface area contributed by atoms with Crippen LogP contribution >= 0.6 is 11.3 Å². The van der Waals surface area contributed by atoms with E-state index in [0.717, 1.165) is 41.4 Å². The van der Waals surface area contributed by atoms with Gasteiger partial charge in [-0.3, -0.25) is 9.36 Å². The van der Waals surface area contributed by atoms with Gasteiger partial charge in [0.25, 0.3) is 5.56 Å². The maximum Gasteiger partial charge on any atom is 0.262 e. The number of likely N-dealkylation sites (N-methyl/N-ethyl adjacent to an activating group) is 1. The van der Waals surface area contributed by atoms with Crippen molar-refractivity contribution in [2.24, 2.45) is 0 Å². The Labute approximate surface area is 163 Å². The first-order chi connectivity index (χ1) is 13.0. The number of rotatable bonds is 7. The Morgan fingerprint density at radius 3 is 2.44 bits per heavy atom. The number of thiophene rings is 1. The molecular weight excluding hydrogens is 361 g/mol. The minimum absolute atomic E-state index is 0.00330. The van der Waals surface area contributed by atoms with Gasteiger partial charge in [-0.15, -0.1) is 11.3 Å². The fourth-order valence-electron chi connectivity index (χ4n) is 3.32. The molecule has 144 valence electrons. The Bertz CT molecular complexity index is 971. The van der Waals surface area contributed by atoms with Crippen LogP contribution in [0.5, 0.6) is 0 Å². The van der Waals surface area contributed by atoms with Crippen LogP contribution in [-0.2, 0) is 6.54 Å². The van der Waals surface area contributed by atoms with Crippen molar-refractivity contribution in [3.05, 3.63) is 51.6 Å². The van der Waals surface area contributed by atoms with Crippen LogP contribution in [0.25, 0.3) is 21.3 Å². The lowest BCUT2D eigenvalue weighted by molar-refractivity contribution is 0.286. The van der Waals surface area contributed by atoms with Gasteiger partial charge in [-0.05, 0) is 30.8 Å². The zero-order valence-electron chi connectivity index (χ0n) is 16.3. The Kier molecular flexibility index (Phi) is 6.07. The van der Waals surface area contributed by atoms with Crippen molar-refractivity contribution in [1.82, 2.24) is 14.5 Å². The summed E-state index contributed by atoms with van der Waals surface area (Å²) in [6.45, 7) is 11.7. The summed E-state index contributed by atoms with van der Waals surface area (Å²) < 4.78 is 15.1. The molecule has 3 aromatic rings. The average molecular weight is 388 g/mol. The quantitative estimate of drug-likeness (QED) is 0.588. The summed E-state index contributed by atoms with van der Waals surface area (Å²) in [7, 11) is 0. The van der Waals surface area contributed by atoms with Crippen LogP contribution in [0.4, 0.5) is 4.39 Å². The summed E-state index contributed by atoms with van der Waals surface area (Å²) in [5.74, 6) is 0.706. The average Bonchev–Trinajstić information content (AvgIpc) is 3.08. The Hall–Kier alpha value is -2.05. The lowest BCUT2D eigenvalue weighted by atomic mass is 10.1. The molecular formula is C21H26FN3OS. The van der Waals surface area contributed by atoms with Gasteiger partial charge in [0.05, 0.1) is 5.39 Å². The molecule has 0 spiro atoms. The second-order valence-electron chi connectivity index (χ2n) is 6.94. The van der Waals surface area contributed by atoms with E-state index in [1.807, 2.05) is 9.95 Å². The second-order valence-corrected chi connectivity index (χ2v) is 7.80. The Morgan fingerprint density at radius 1 is 1.19 bits per heavy atom. The monoisotopic (exact) mass is 387 g/mol. The molecule has 2 heterocycles. The summed E-state index contributed by atoms with van der Waals surface area (Å²) in [4.78, 5) is 21.3. The molecule has 1 aromatic carbocycles. The molecule has 3 rings (SSSR count). The highest BCUT2D eigenvalue weighted by Crippen LogP contribution is 2.31. The molecule has 0 radical (unpaired) electrons. The zero-order valence-corrected chi connectivity index (χ0v) is 17.1. The molecule has 0 atom stereocenters. The normalized spacial score (nSPS) is 11.8. The van der Waals surface area contributed by atoms with Crippen molar-refractivity contribution in [2.45, 2.75) is 40.2 Å². The van der Waals surface area contributed by atoms with Crippen molar-refractivity contribution in [3.8, 4) is 11.1 Å². The molecule has 2 aromatic heterocycles. The highest BCUT2D eigenvalue weighted by atomic mass is 32.1. The van der Waals surface area contributed by atoms with Crippen molar-refractivity contribution in [1.29, 1.82) is 0 Å².